The normalized spacial score (nSPS) is 11.8. The van der Waals surface area contributed by atoms with Gasteiger partial charge >= 0.3 is 0 Å². The minimum absolute atomic E-state index is 0.188. The van der Waals surface area contributed by atoms with E-state index in [1.807, 2.05) is 55.5 Å². The monoisotopic (exact) mass is 521 g/mol. The highest BCUT2D eigenvalue weighted by Gasteiger charge is 2.13. The van der Waals surface area contributed by atoms with Crippen molar-refractivity contribution < 1.29 is 14.2 Å². The SMILES string of the molecule is CCCCCCOc1ccc(-c2nc3sc(=Cc4ccc(OCCCC)c(OCC)c4)c(=O)n3n2)cc1. The van der Waals surface area contributed by atoms with Crippen molar-refractivity contribution in [3.8, 4) is 28.6 Å². The second-order valence-electron chi connectivity index (χ2n) is 8.82. The highest BCUT2D eigenvalue weighted by atomic mass is 32.1. The number of hydrogen-bond acceptors (Lipinski definition) is 7. The summed E-state index contributed by atoms with van der Waals surface area (Å²) in [6, 6.07) is 13.4. The number of ether oxygens (including phenoxy) is 3. The van der Waals surface area contributed by atoms with Crippen LogP contribution in [0.2, 0.25) is 0 Å². The maximum absolute atomic E-state index is 13.0. The number of unbranched alkanes of at least 4 members (excludes halogenated alkanes) is 4. The van der Waals surface area contributed by atoms with Gasteiger partial charge in [-0.3, -0.25) is 4.79 Å². The first kappa shape index (κ1) is 26.7. The van der Waals surface area contributed by atoms with Gasteiger partial charge in [-0.05, 0) is 67.8 Å². The predicted octanol–water partition coefficient (Wildman–Crippen LogP) is 5.90. The molecule has 2 aromatic heterocycles. The quantitative estimate of drug-likeness (QED) is 0.192. The van der Waals surface area contributed by atoms with Crippen molar-refractivity contribution in [2.24, 2.45) is 0 Å². The van der Waals surface area contributed by atoms with Crippen LogP contribution in [0.25, 0.3) is 22.4 Å². The van der Waals surface area contributed by atoms with Gasteiger partial charge in [-0.25, -0.2) is 0 Å². The smallest absolute Gasteiger partial charge is 0.291 e. The van der Waals surface area contributed by atoms with E-state index in [0.717, 1.165) is 48.5 Å². The van der Waals surface area contributed by atoms with Gasteiger partial charge in [0.2, 0.25) is 4.96 Å². The molecule has 2 heterocycles. The highest BCUT2D eigenvalue weighted by Crippen LogP contribution is 2.29. The van der Waals surface area contributed by atoms with Gasteiger partial charge in [-0.15, -0.1) is 5.10 Å². The third-order valence-corrected chi connectivity index (χ3v) is 6.84. The largest absolute Gasteiger partial charge is 0.494 e. The summed E-state index contributed by atoms with van der Waals surface area (Å²) in [5.41, 5.74) is 1.52. The fourth-order valence-electron chi connectivity index (χ4n) is 3.85. The average molecular weight is 522 g/mol. The van der Waals surface area contributed by atoms with Crippen molar-refractivity contribution in [2.45, 2.75) is 59.3 Å². The van der Waals surface area contributed by atoms with Crippen LogP contribution >= 0.6 is 11.3 Å². The van der Waals surface area contributed by atoms with E-state index >= 15 is 0 Å². The van der Waals surface area contributed by atoms with Crippen molar-refractivity contribution in [3.63, 3.8) is 0 Å². The molecule has 0 aliphatic carbocycles. The van der Waals surface area contributed by atoms with E-state index in [0.29, 0.717) is 34.3 Å². The molecule has 0 aliphatic rings. The van der Waals surface area contributed by atoms with Gasteiger partial charge in [-0.2, -0.15) is 9.50 Å². The van der Waals surface area contributed by atoms with E-state index in [9.17, 15) is 4.79 Å². The Morgan fingerprint density at radius 2 is 1.65 bits per heavy atom. The van der Waals surface area contributed by atoms with Crippen molar-refractivity contribution >= 4 is 22.4 Å². The summed E-state index contributed by atoms with van der Waals surface area (Å²) >= 11 is 1.32. The van der Waals surface area contributed by atoms with Crippen molar-refractivity contribution in [2.75, 3.05) is 19.8 Å². The lowest BCUT2D eigenvalue weighted by Crippen LogP contribution is -2.23. The molecule has 4 aromatic rings. The van der Waals surface area contributed by atoms with Crippen LogP contribution in [0.15, 0.2) is 47.3 Å². The zero-order valence-corrected chi connectivity index (χ0v) is 22.7. The van der Waals surface area contributed by atoms with E-state index < -0.39 is 0 Å². The summed E-state index contributed by atoms with van der Waals surface area (Å²) in [5, 5.41) is 4.47. The number of hydrogen-bond donors (Lipinski definition) is 0. The molecule has 0 amide bonds. The summed E-state index contributed by atoms with van der Waals surface area (Å²) in [4.78, 5) is 18.2. The molecule has 37 heavy (non-hydrogen) atoms. The van der Waals surface area contributed by atoms with Gasteiger partial charge in [0.1, 0.15) is 5.75 Å². The van der Waals surface area contributed by atoms with E-state index in [2.05, 4.69) is 23.9 Å². The lowest BCUT2D eigenvalue weighted by Gasteiger charge is -2.12. The molecule has 4 rings (SSSR count). The Bertz CT molecular complexity index is 1400. The lowest BCUT2D eigenvalue weighted by molar-refractivity contribution is 0.272. The standard InChI is InChI=1S/C29H35N3O4S/c1-4-7-9-10-18-35-23-14-12-22(13-15-23)27-30-29-32(31-27)28(33)26(37-29)20-21-11-16-24(36-17-8-5-2)25(19-21)34-6-3/h11-16,19-20H,4-10,17-18H2,1-3H3. The number of nitrogens with zero attached hydrogens (tertiary/aromatic N) is 3. The van der Waals surface area contributed by atoms with Gasteiger partial charge in [0.25, 0.3) is 5.56 Å². The van der Waals surface area contributed by atoms with Gasteiger partial charge in [0.05, 0.1) is 24.4 Å². The van der Waals surface area contributed by atoms with Gasteiger partial charge in [0.15, 0.2) is 17.3 Å². The molecule has 0 saturated heterocycles. The van der Waals surface area contributed by atoms with E-state index in [4.69, 9.17) is 14.2 Å². The fourth-order valence-corrected chi connectivity index (χ4v) is 4.76. The van der Waals surface area contributed by atoms with E-state index in [1.54, 1.807) is 0 Å². The predicted molar refractivity (Wildman–Crippen MR) is 149 cm³/mol. The minimum atomic E-state index is -0.188. The molecular formula is C29H35N3O4S. The first-order valence-electron chi connectivity index (χ1n) is 13.2. The summed E-state index contributed by atoms with van der Waals surface area (Å²) < 4.78 is 19.4. The molecule has 0 atom stereocenters. The summed E-state index contributed by atoms with van der Waals surface area (Å²) in [6.07, 6.45) is 8.59. The fraction of sp³-hybridized carbons (Fsp3) is 0.414. The topological polar surface area (TPSA) is 75.0 Å². The summed E-state index contributed by atoms with van der Waals surface area (Å²) in [7, 11) is 0. The molecule has 7 nitrogen and oxygen atoms in total. The van der Waals surface area contributed by atoms with Gasteiger partial charge in [0, 0.05) is 5.56 Å². The zero-order chi connectivity index (χ0) is 26.0. The number of aromatic nitrogens is 3. The van der Waals surface area contributed by atoms with E-state index in [1.165, 1.54) is 35.1 Å². The third kappa shape index (κ3) is 6.89. The van der Waals surface area contributed by atoms with Crippen LogP contribution in [0.4, 0.5) is 0 Å². The average Bonchev–Trinajstić information content (AvgIpc) is 3.45. The number of benzene rings is 2. The van der Waals surface area contributed by atoms with Gasteiger partial charge in [-0.1, -0.05) is 56.9 Å². The Morgan fingerprint density at radius 3 is 2.38 bits per heavy atom. The molecule has 0 bridgehead atoms. The Kier molecular flexibility index (Phi) is 9.54. The zero-order valence-electron chi connectivity index (χ0n) is 21.9. The highest BCUT2D eigenvalue weighted by molar-refractivity contribution is 7.15. The second kappa shape index (κ2) is 13.2. The second-order valence-corrected chi connectivity index (χ2v) is 9.83. The van der Waals surface area contributed by atoms with Crippen LogP contribution in [-0.4, -0.2) is 34.4 Å². The maximum atomic E-state index is 13.0. The van der Waals surface area contributed by atoms with Crippen LogP contribution in [-0.2, 0) is 0 Å². The molecule has 8 heteroatoms. The Balaban J connectivity index is 1.50. The van der Waals surface area contributed by atoms with Crippen molar-refractivity contribution in [1.82, 2.24) is 14.6 Å². The maximum Gasteiger partial charge on any atom is 0.291 e. The molecule has 0 aliphatic heterocycles. The molecule has 0 fully saturated rings. The third-order valence-electron chi connectivity index (χ3n) is 5.88. The molecule has 0 unspecified atom stereocenters. The number of fused-ring (bicyclic) bond motifs is 1. The van der Waals surface area contributed by atoms with Crippen LogP contribution in [0.5, 0.6) is 17.2 Å². The van der Waals surface area contributed by atoms with Crippen LogP contribution in [0.3, 0.4) is 0 Å². The molecular weight excluding hydrogens is 486 g/mol. The van der Waals surface area contributed by atoms with Crippen LogP contribution < -0.4 is 24.3 Å². The molecule has 0 spiro atoms. The number of rotatable bonds is 14. The van der Waals surface area contributed by atoms with Gasteiger partial charge < -0.3 is 14.2 Å². The lowest BCUT2D eigenvalue weighted by atomic mass is 10.2. The molecule has 196 valence electrons. The minimum Gasteiger partial charge on any atom is -0.494 e. The summed E-state index contributed by atoms with van der Waals surface area (Å²) in [5.74, 6) is 2.75. The first-order chi connectivity index (χ1) is 18.1. The Morgan fingerprint density at radius 1 is 0.865 bits per heavy atom. The van der Waals surface area contributed by atoms with Crippen LogP contribution in [0, 0.1) is 0 Å². The molecule has 0 radical (unpaired) electrons. The molecule has 2 aromatic carbocycles. The van der Waals surface area contributed by atoms with Crippen molar-refractivity contribution in [1.29, 1.82) is 0 Å². The Hall–Kier alpha value is -3.39. The summed E-state index contributed by atoms with van der Waals surface area (Å²) in [6.45, 7) is 8.17. The molecule has 0 saturated carbocycles. The first-order valence-corrected chi connectivity index (χ1v) is 14.0. The van der Waals surface area contributed by atoms with Crippen LogP contribution in [0.1, 0.15) is 64.9 Å². The molecule has 0 N–H and O–H groups in total. The Labute approximate surface area is 221 Å². The number of thiazole rings is 1. The van der Waals surface area contributed by atoms with E-state index in [-0.39, 0.29) is 5.56 Å². The van der Waals surface area contributed by atoms with Crippen molar-refractivity contribution in [3.05, 3.63) is 62.9 Å².